The van der Waals surface area contributed by atoms with Crippen LogP contribution in [-0.2, 0) is 11.2 Å². The third-order valence-corrected chi connectivity index (χ3v) is 2.93. The van der Waals surface area contributed by atoms with E-state index in [1.54, 1.807) is 0 Å². The maximum absolute atomic E-state index is 11.7. The number of likely N-dealkylation sites (N-methyl/N-ethyl adjacent to an activating group) is 1. The molecule has 0 aliphatic rings. The molecule has 0 spiro atoms. The minimum absolute atomic E-state index is 0.0734. The molecule has 114 valence electrons. The van der Waals surface area contributed by atoms with Crippen molar-refractivity contribution in [3.05, 3.63) is 11.7 Å². The van der Waals surface area contributed by atoms with E-state index in [1.165, 1.54) is 0 Å². The average Bonchev–Trinajstić information content (AvgIpc) is 2.76. The molecule has 1 aromatic rings. The molecule has 1 heterocycles. The maximum atomic E-state index is 11.7. The van der Waals surface area contributed by atoms with E-state index in [9.17, 15) is 4.79 Å². The Bertz CT molecular complexity index is 415. The lowest BCUT2D eigenvalue weighted by Gasteiger charge is -2.09. The monoisotopic (exact) mass is 282 g/mol. The Labute approximate surface area is 120 Å². The zero-order chi connectivity index (χ0) is 15.1. The van der Waals surface area contributed by atoms with Gasteiger partial charge in [0.1, 0.15) is 0 Å². The molecule has 6 heteroatoms. The first-order chi connectivity index (χ1) is 9.38. The Balaban J connectivity index is 2.41. The summed E-state index contributed by atoms with van der Waals surface area (Å²) in [6.07, 6.45) is 1.17. The fourth-order valence-corrected chi connectivity index (χ4v) is 1.97. The van der Waals surface area contributed by atoms with Crippen LogP contribution in [0.15, 0.2) is 4.52 Å². The van der Waals surface area contributed by atoms with Crippen LogP contribution < -0.4 is 5.32 Å². The highest BCUT2D eigenvalue weighted by atomic mass is 16.5. The molecular weight excluding hydrogens is 256 g/mol. The van der Waals surface area contributed by atoms with Gasteiger partial charge in [-0.15, -0.1) is 0 Å². The van der Waals surface area contributed by atoms with Gasteiger partial charge in [-0.1, -0.05) is 25.9 Å². The fourth-order valence-electron chi connectivity index (χ4n) is 1.97. The number of rotatable bonds is 8. The number of carbonyl (C=O) groups is 1. The maximum Gasteiger partial charge on any atom is 0.229 e. The van der Waals surface area contributed by atoms with Crippen molar-refractivity contribution < 1.29 is 9.32 Å². The van der Waals surface area contributed by atoms with Gasteiger partial charge < -0.3 is 14.7 Å². The lowest BCUT2D eigenvalue weighted by molar-refractivity contribution is -0.120. The quantitative estimate of drug-likeness (QED) is 0.781. The van der Waals surface area contributed by atoms with Gasteiger partial charge in [-0.25, -0.2) is 0 Å². The minimum atomic E-state index is -0.0734. The molecule has 0 radical (unpaired) electrons. The highest BCUT2D eigenvalue weighted by molar-refractivity contribution is 5.77. The predicted molar refractivity (Wildman–Crippen MR) is 77.4 cm³/mol. The molecule has 0 aromatic carbocycles. The molecule has 0 saturated heterocycles. The normalized spacial score (nSPS) is 12.9. The van der Waals surface area contributed by atoms with Crippen LogP contribution in [0.2, 0.25) is 0 Å². The second-order valence-electron chi connectivity index (χ2n) is 5.91. The molecule has 0 aliphatic heterocycles. The highest BCUT2D eigenvalue weighted by Gasteiger charge is 2.17. The number of nitrogens with one attached hydrogen (secondary N) is 1. The molecule has 1 N–H and O–H groups in total. The molecule has 0 bridgehead atoms. The van der Waals surface area contributed by atoms with Gasteiger partial charge in [-0.2, -0.15) is 4.98 Å². The molecule has 1 rings (SSSR count). The molecule has 1 aromatic heterocycles. The highest BCUT2D eigenvalue weighted by Crippen LogP contribution is 2.21. The van der Waals surface area contributed by atoms with E-state index in [4.69, 9.17) is 4.52 Å². The van der Waals surface area contributed by atoms with Crippen LogP contribution in [0.1, 0.15) is 44.8 Å². The largest absolute Gasteiger partial charge is 0.354 e. The second-order valence-corrected chi connectivity index (χ2v) is 5.91. The lowest BCUT2D eigenvalue weighted by Crippen LogP contribution is -2.32. The molecule has 20 heavy (non-hydrogen) atoms. The zero-order valence-electron chi connectivity index (χ0n) is 13.1. The number of hydrogen-bond donors (Lipinski definition) is 1. The van der Waals surface area contributed by atoms with E-state index in [0.29, 0.717) is 24.2 Å². The summed E-state index contributed by atoms with van der Waals surface area (Å²) in [5.74, 6) is 1.81. The Hall–Kier alpha value is -1.43. The van der Waals surface area contributed by atoms with Gasteiger partial charge in [0, 0.05) is 19.0 Å². The van der Waals surface area contributed by atoms with Gasteiger partial charge in [0.05, 0.1) is 6.42 Å². The van der Waals surface area contributed by atoms with Crippen molar-refractivity contribution in [1.29, 1.82) is 0 Å². The molecule has 1 amide bonds. The molecule has 0 aliphatic carbocycles. The third kappa shape index (κ3) is 6.14. The summed E-state index contributed by atoms with van der Waals surface area (Å²) in [6, 6.07) is 0. The van der Waals surface area contributed by atoms with Gasteiger partial charge in [-0.05, 0) is 26.4 Å². The SMILES string of the molecule is CC(C)CC(C)c1nc(CC(=O)NCCN(C)C)no1. The van der Waals surface area contributed by atoms with Gasteiger partial charge in [0.15, 0.2) is 5.82 Å². The summed E-state index contributed by atoms with van der Waals surface area (Å²) in [7, 11) is 3.93. The average molecular weight is 282 g/mol. The summed E-state index contributed by atoms with van der Waals surface area (Å²) in [4.78, 5) is 18.0. The van der Waals surface area contributed by atoms with E-state index in [-0.39, 0.29) is 18.2 Å². The number of hydrogen-bond acceptors (Lipinski definition) is 5. The Morgan fingerprint density at radius 1 is 1.35 bits per heavy atom. The molecule has 0 fully saturated rings. The van der Waals surface area contributed by atoms with E-state index in [1.807, 2.05) is 19.0 Å². The van der Waals surface area contributed by atoms with E-state index >= 15 is 0 Å². The lowest BCUT2D eigenvalue weighted by atomic mass is 9.99. The first-order valence-corrected chi connectivity index (χ1v) is 7.12. The van der Waals surface area contributed by atoms with E-state index < -0.39 is 0 Å². The molecule has 6 nitrogen and oxygen atoms in total. The van der Waals surface area contributed by atoms with Crippen LogP contribution in [0.25, 0.3) is 0 Å². The van der Waals surface area contributed by atoms with Crippen LogP contribution in [0.4, 0.5) is 0 Å². The Morgan fingerprint density at radius 3 is 2.65 bits per heavy atom. The zero-order valence-corrected chi connectivity index (χ0v) is 13.1. The van der Waals surface area contributed by atoms with Crippen LogP contribution in [0.3, 0.4) is 0 Å². The standard InChI is InChI=1S/C14H26N4O2/c1-10(2)8-11(3)14-16-12(17-20-14)9-13(19)15-6-7-18(4)5/h10-11H,6-9H2,1-5H3,(H,15,19). The van der Waals surface area contributed by atoms with Crippen molar-refractivity contribution in [2.24, 2.45) is 5.92 Å². The number of amides is 1. The molecular formula is C14H26N4O2. The van der Waals surface area contributed by atoms with E-state index in [0.717, 1.165) is 13.0 Å². The Kier molecular flexibility index (Phi) is 6.64. The summed E-state index contributed by atoms with van der Waals surface area (Å²) in [5, 5.41) is 6.70. The van der Waals surface area contributed by atoms with Crippen molar-refractivity contribution in [3.8, 4) is 0 Å². The number of carbonyl (C=O) groups excluding carboxylic acids is 1. The topological polar surface area (TPSA) is 71.3 Å². The first-order valence-electron chi connectivity index (χ1n) is 7.12. The van der Waals surface area contributed by atoms with Gasteiger partial charge in [0.2, 0.25) is 11.8 Å². The van der Waals surface area contributed by atoms with Gasteiger partial charge in [0.25, 0.3) is 0 Å². The first kappa shape index (κ1) is 16.6. The number of aromatic nitrogens is 2. The van der Waals surface area contributed by atoms with Crippen LogP contribution in [-0.4, -0.2) is 48.1 Å². The smallest absolute Gasteiger partial charge is 0.229 e. The van der Waals surface area contributed by atoms with Crippen molar-refractivity contribution in [2.75, 3.05) is 27.2 Å². The minimum Gasteiger partial charge on any atom is -0.354 e. The fraction of sp³-hybridized carbons (Fsp3) is 0.786. The predicted octanol–water partition coefficient (Wildman–Crippen LogP) is 1.44. The van der Waals surface area contributed by atoms with Crippen molar-refractivity contribution in [3.63, 3.8) is 0 Å². The van der Waals surface area contributed by atoms with Gasteiger partial charge >= 0.3 is 0 Å². The van der Waals surface area contributed by atoms with Crippen LogP contribution in [0, 0.1) is 5.92 Å². The Morgan fingerprint density at radius 2 is 2.05 bits per heavy atom. The van der Waals surface area contributed by atoms with Crippen molar-refractivity contribution >= 4 is 5.91 Å². The summed E-state index contributed by atoms with van der Waals surface area (Å²) in [6.45, 7) is 7.82. The molecule has 1 unspecified atom stereocenters. The summed E-state index contributed by atoms with van der Waals surface area (Å²) in [5.41, 5.74) is 0. The van der Waals surface area contributed by atoms with E-state index in [2.05, 4.69) is 36.2 Å². The summed E-state index contributed by atoms with van der Waals surface area (Å²) < 4.78 is 5.22. The number of nitrogens with zero attached hydrogens (tertiary/aromatic N) is 3. The third-order valence-electron chi connectivity index (χ3n) is 2.93. The summed E-state index contributed by atoms with van der Waals surface area (Å²) >= 11 is 0. The van der Waals surface area contributed by atoms with Gasteiger partial charge in [-0.3, -0.25) is 4.79 Å². The van der Waals surface area contributed by atoms with Crippen LogP contribution in [0.5, 0.6) is 0 Å². The molecule has 0 saturated carbocycles. The molecule has 1 atom stereocenters. The van der Waals surface area contributed by atoms with Crippen LogP contribution >= 0.6 is 0 Å². The second kappa shape index (κ2) is 7.99. The van der Waals surface area contributed by atoms with Crippen molar-refractivity contribution in [2.45, 2.75) is 39.5 Å². The van der Waals surface area contributed by atoms with Crippen molar-refractivity contribution in [1.82, 2.24) is 20.4 Å².